The molecule has 1 atom stereocenters. The molecule has 0 fully saturated rings. The quantitative estimate of drug-likeness (QED) is 0.124. The molecule has 0 bridgehead atoms. The number of carbonyl (C=O) groups excluding carboxylic acids is 3. The molecule has 6 rings (SSSR count). The van der Waals surface area contributed by atoms with Gasteiger partial charge in [-0.25, -0.2) is 4.79 Å². The van der Waals surface area contributed by atoms with E-state index < -0.39 is 36.0 Å². The van der Waals surface area contributed by atoms with Crippen molar-refractivity contribution in [3.05, 3.63) is 166 Å². The molecule has 7 nitrogen and oxygen atoms in total. The second-order valence-corrected chi connectivity index (χ2v) is 12.2. The summed E-state index contributed by atoms with van der Waals surface area (Å²) in [5.74, 6) is -1.37. The molecule has 8 heteroatoms. The minimum absolute atomic E-state index is 0.0603. The molecule has 1 aliphatic carbocycles. The van der Waals surface area contributed by atoms with E-state index in [1.54, 1.807) is 26.2 Å². The first kappa shape index (κ1) is 32.5. The van der Waals surface area contributed by atoms with Gasteiger partial charge < -0.3 is 19.7 Å². The molecule has 0 heterocycles. The second kappa shape index (κ2) is 14.2. The van der Waals surface area contributed by atoms with E-state index in [1.165, 1.54) is 4.90 Å². The van der Waals surface area contributed by atoms with Crippen LogP contribution in [0.25, 0.3) is 11.1 Å². The first-order valence-electron chi connectivity index (χ1n) is 15.7. The predicted octanol–water partition coefficient (Wildman–Crippen LogP) is 7.56. The fourth-order valence-corrected chi connectivity index (χ4v) is 6.68. The van der Waals surface area contributed by atoms with E-state index in [2.05, 4.69) is 17.4 Å². The average molecular weight is 659 g/mol. The van der Waals surface area contributed by atoms with Crippen molar-refractivity contribution in [2.24, 2.45) is 0 Å². The zero-order valence-electron chi connectivity index (χ0n) is 26.6. The molecule has 1 N–H and O–H groups in total. The molecule has 0 radical (unpaired) electrons. The first-order chi connectivity index (χ1) is 23.3. The van der Waals surface area contributed by atoms with Gasteiger partial charge in [-0.2, -0.15) is 0 Å². The Kier molecular flexibility index (Phi) is 9.60. The highest BCUT2D eigenvalue weighted by Crippen LogP contribution is 2.45. The molecule has 0 spiro atoms. The lowest BCUT2D eigenvalue weighted by atomic mass is 9.80. The van der Waals surface area contributed by atoms with E-state index in [-0.39, 0.29) is 12.5 Å². The Morgan fingerprint density at radius 1 is 0.729 bits per heavy atom. The van der Waals surface area contributed by atoms with E-state index in [9.17, 15) is 14.4 Å². The number of amides is 2. The Bertz CT molecular complexity index is 1840. The fourth-order valence-electron chi connectivity index (χ4n) is 6.42. The number of carbonyl (C=O) groups is 3. The summed E-state index contributed by atoms with van der Waals surface area (Å²) in [6.07, 6.45) is -1.26. The molecule has 5 aromatic carbocycles. The SMILES string of the molecule is CN(C)C(=O)[C@H](CC(=O)OC(c1ccccc1)(c1ccccc1)c1ccccc1Cl)NC(=O)OCC1c2ccccc2-c2ccccc21. The lowest BCUT2D eigenvalue weighted by Crippen LogP contribution is -2.48. The Morgan fingerprint density at radius 3 is 1.77 bits per heavy atom. The highest BCUT2D eigenvalue weighted by atomic mass is 35.5. The Balaban J connectivity index is 1.26. The number of hydrogen-bond acceptors (Lipinski definition) is 5. The third kappa shape index (κ3) is 6.42. The highest BCUT2D eigenvalue weighted by molar-refractivity contribution is 6.31. The standard InChI is InChI=1S/C40H35ClN2O5/c1-43(2)38(45)36(42-39(46)47-26-33-31-21-11-9-19-29(31)30-20-10-12-22-32(30)33)25-37(44)48-40(27-15-5-3-6-16-27,28-17-7-4-8-18-28)34-23-13-14-24-35(34)41/h3-24,33,36H,25-26H2,1-2H3,(H,42,46)/t36-/m0/s1. The van der Waals surface area contributed by atoms with Crippen LogP contribution in [0.1, 0.15) is 40.2 Å². The zero-order valence-corrected chi connectivity index (χ0v) is 27.4. The number of fused-ring (bicyclic) bond motifs is 3. The van der Waals surface area contributed by atoms with Crippen LogP contribution in [0.4, 0.5) is 4.79 Å². The summed E-state index contributed by atoms with van der Waals surface area (Å²) in [7, 11) is 3.12. The number of benzene rings is 5. The topological polar surface area (TPSA) is 84.9 Å². The molecule has 242 valence electrons. The molecule has 0 saturated heterocycles. The van der Waals surface area contributed by atoms with Crippen molar-refractivity contribution < 1.29 is 23.9 Å². The highest BCUT2D eigenvalue weighted by Gasteiger charge is 2.43. The molecule has 0 aromatic heterocycles. The summed E-state index contributed by atoms with van der Waals surface area (Å²) < 4.78 is 12.2. The normalized spacial score (nSPS) is 12.7. The van der Waals surface area contributed by atoms with Crippen molar-refractivity contribution in [3.63, 3.8) is 0 Å². The van der Waals surface area contributed by atoms with Crippen molar-refractivity contribution in [1.82, 2.24) is 10.2 Å². The van der Waals surface area contributed by atoms with Crippen molar-refractivity contribution in [3.8, 4) is 11.1 Å². The van der Waals surface area contributed by atoms with Crippen LogP contribution >= 0.6 is 11.6 Å². The second-order valence-electron chi connectivity index (χ2n) is 11.8. The van der Waals surface area contributed by atoms with Crippen molar-refractivity contribution in [2.75, 3.05) is 20.7 Å². The van der Waals surface area contributed by atoms with Crippen LogP contribution in [0.15, 0.2) is 133 Å². The van der Waals surface area contributed by atoms with Crippen LogP contribution in [-0.2, 0) is 24.7 Å². The maximum Gasteiger partial charge on any atom is 0.407 e. The Morgan fingerprint density at radius 2 is 1.23 bits per heavy atom. The summed E-state index contributed by atoms with van der Waals surface area (Å²) in [5, 5.41) is 3.04. The molecule has 0 saturated carbocycles. The van der Waals surface area contributed by atoms with Crippen LogP contribution in [0.2, 0.25) is 5.02 Å². The summed E-state index contributed by atoms with van der Waals surface area (Å²) in [4.78, 5) is 42.0. The maximum absolute atomic E-state index is 14.0. The number of ether oxygens (including phenoxy) is 2. The minimum Gasteiger partial charge on any atom is -0.449 e. The van der Waals surface area contributed by atoms with Crippen molar-refractivity contribution >= 4 is 29.6 Å². The van der Waals surface area contributed by atoms with Crippen LogP contribution in [0.3, 0.4) is 0 Å². The minimum atomic E-state index is -1.45. The van der Waals surface area contributed by atoms with Gasteiger partial charge in [-0.15, -0.1) is 0 Å². The Labute approximate surface area is 285 Å². The molecule has 2 amide bonds. The Hall–Kier alpha value is -5.40. The van der Waals surface area contributed by atoms with Gasteiger partial charge in [0.05, 0.1) is 6.42 Å². The number of likely N-dealkylation sites (N-methyl/N-ethyl adjacent to an activating group) is 1. The number of hydrogen-bond donors (Lipinski definition) is 1. The lowest BCUT2D eigenvalue weighted by Gasteiger charge is -2.36. The van der Waals surface area contributed by atoms with E-state index in [0.29, 0.717) is 21.7 Å². The van der Waals surface area contributed by atoms with Gasteiger partial charge in [-0.1, -0.05) is 139 Å². The molecule has 1 aliphatic rings. The van der Waals surface area contributed by atoms with Gasteiger partial charge in [-0.05, 0) is 28.3 Å². The van der Waals surface area contributed by atoms with Crippen LogP contribution < -0.4 is 5.32 Å². The number of nitrogens with one attached hydrogen (secondary N) is 1. The molecular weight excluding hydrogens is 624 g/mol. The molecular formula is C40H35ClN2O5. The molecule has 0 aliphatic heterocycles. The molecule has 0 unspecified atom stereocenters. The summed E-state index contributed by atoms with van der Waals surface area (Å²) in [6, 6.07) is 40.6. The largest absolute Gasteiger partial charge is 0.449 e. The van der Waals surface area contributed by atoms with Gasteiger partial charge in [0.2, 0.25) is 5.91 Å². The average Bonchev–Trinajstić information content (AvgIpc) is 3.43. The number of esters is 1. The van der Waals surface area contributed by atoms with Crippen LogP contribution in [0.5, 0.6) is 0 Å². The zero-order chi connectivity index (χ0) is 33.7. The van der Waals surface area contributed by atoms with E-state index in [4.69, 9.17) is 21.1 Å². The van der Waals surface area contributed by atoms with Crippen molar-refractivity contribution in [2.45, 2.75) is 24.0 Å². The number of halogens is 1. The smallest absolute Gasteiger partial charge is 0.407 e. The third-order valence-electron chi connectivity index (χ3n) is 8.63. The van der Waals surface area contributed by atoms with Gasteiger partial charge in [0.15, 0.2) is 5.60 Å². The van der Waals surface area contributed by atoms with Crippen LogP contribution in [-0.4, -0.2) is 49.6 Å². The van der Waals surface area contributed by atoms with Gasteiger partial charge in [0.1, 0.15) is 12.6 Å². The van der Waals surface area contributed by atoms with Gasteiger partial charge in [-0.3, -0.25) is 9.59 Å². The van der Waals surface area contributed by atoms with Crippen LogP contribution in [0, 0.1) is 0 Å². The van der Waals surface area contributed by atoms with Gasteiger partial charge >= 0.3 is 12.1 Å². The predicted molar refractivity (Wildman–Crippen MR) is 186 cm³/mol. The molecule has 48 heavy (non-hydrogen) atoms. The summed E-state index contributed by atoms with van der Waals surface area (Å²) in [6.45, 7) is 0.0603. The summed E-state index contributed by atoms with van der Waals surface area (Å²) >= 11 is 6.78. The number of nitrogens with zero attached hydrogens (tertiary/aromatic N) is 1. The lowest BCUT2D eigenvalue weighted by molar-refractivity contribution is -0.155. The molecule has 5 aromatic rings. The number of alkyl carbamates (subject to hydrolysis) is 1. The third-order valence-corrected chi connectivity index (χ3v) is 8.96. The monoisotopic (exact) mass is 658 g/mol. The van der Waals surface area contributed by atoms with E-state index >= 15 is 0 Å². The van der Waals surface area contributed by atoms with Gasteiger partial charge in [0, 0.05) is 41.7 Å². The fraction of sp³-hybridized carbons (Fsp3) is 0.175. The van der Waals surface area contributed by atoms with Crippen molar-refractivity contribution in [1.29, 1.82) is 0 Å². The first-order valence-corrected chi connectivity index (χ1v) is 16.1. The maximum atomic E-state index is 14.0. The number of rotatable bonds is 10. The summed E-state index contributed by atoms with van der Waals surface area (Å²) in [5.41, 5.74) is 4.76. The van der Waals surface area contributed by atoms with E-state index in [1.807, 2.05) is 109 Å². The van der Waals surface area contributed by atoms with Gasteiger partial charge in [0.25, 0.3) is 0 Å². The van der Waals surface area contributed by atoms with E-state index in [0.717, 1.165) is 22.3 Å².